The molecule has 0 N–H and O–H groups in total. The Labute approximate surface area is 145 Å². The van der Waals surface area contributed by atoms with E-state index in [1.54, 1.807) is 0 Å². The molecule has 3 heterocycles. The van der Waals surface area contributed by atoms with Gasteiger partial charge in [0.05, 0.1) is 5.56 Å². The molecule has 3 heteroatoms. The van der Waals surface area contributed by atoms with Crippen molar-refractivity contribution in [3.63, 3.8) is 0 Å². The zero-order valence-corrected chi connectivity index (χ0v) is 14.2. The number of hydrogen-bond acceptors (Lipinski definition) is 2. The standard InChI is InChI=1S/C22H17N2O/c1-14-6-8-17-21-16-10-11-23-13-15(16)7-9-19(21)25-22(17)20(14)18-5-3-4-12-24(18)2/h3-13H,1-2H3/q+1. The Morgan fingerprint density at radius 1 is 0.960 bits per heavy atom. The number of fused-ring (bicyclic) bond motifs is 5. The van der Waals surface area contributed by atoms with Gasteiger partial charge in [-0.1, -0.05) is 12.1 Å². The van der Waals surface area contributed by atoms with Gasteiger partial charge in [-0.05, 0) is 42.1 Å². The molecular formula is C22H17N2O+. The van der Waals surface area contributed by atoms with Gasteiger partial charge >= 0.3 is 0 Å². The van der Waals surface area contributed by atoms with Crippen LogP contribution in [-0.2, 0) is 7.05 Å². The number of benzene rings is 2. The largest absolute Gasteiger partial charge is 0.455 e. The van der Waals surface area contributed by atoms with Gasteiger partial charge in [-0.2, -0.15) is 0 Å². The van der Waals surface area contributed by atoms with Crippen molar-refractivity contribution in [1.29, 1.82) is 0 Å². The average Bonchev–Trinajstić information content (AvgIpc) is 3.01. The van der Waals surface area contributed by atoms with E-state index in [9.17, 15) is 0 Å². The van der Waals surface area contributed by atoms with E-state index < -0.39 is 0 Å². The predicted octanol–water partition coefficient (Wildman–Crippen LogP) is 4.93. The fraction of sp³-hybridized carbons (Fsp3) is 0.0909. The maximum atomic E-state index is 6.35. The lowest BCUT2D eigenvalue weighted by atomic mass is 9.99. The third kappa shape index (κ3) is 1.99. The van der Waals surface area contributed by atoms with Gasteiger partial charge in [0.2, 0.25) is 5.69 Å². The van der Waals surface area contributed by atoms with E-state index in [0.29, 0.717) is 0 Å². The maximum Gasteiger partial charge on any atom is 0.216 e. The molecular weight excluding hydrogens is 308 g/mol. The van der Waals surface area contributed by atoms with Crippen molar-refractivity contribution in [2.24, 2.45) is 7.05 Å². The minimum absolute atomic E-state index is 0.916. The van der Waals surface area contributed by atoms with Crippen molar-refractivity contribution in [2.75, 3.05) is 0 Å². The highest BCUT2D eigenvalue weighted by molar-refractivity contribution is 6.20. The van der Waals surface area contributed by atoms with Crippen LogP contribution in [0.2, 0.25) is 0 Å². The van der Waals surface area contributed by atoms with E-state index in [0.717, 1.165) is 38.6 Å². The molecule has 0 saturated carbocycles. The summed E-state index contributed by atoms with van der Waals surface area (Å²) in [5, 5.41) is 4.62. The molecule has 0 aliphatic rings. The van der Waals surface area contributed by atoms with Crippen molar-refractivity contribution in [3.05, 3.63) is 72.7 Å². The summed E-state index contributed by atoms with van der Waals surface area (Å²) in [6.07, 6.45) is 5.81. The van der Waals surface area contributed by atoms with Gasteiger partial charge in [0.1, 0.15) is 18.2 Å². The van der Waals surface area contributed by atoms with Crippen LogP contribution in [0.1, 0.15) is 5.56 Å². The molecule has 0 unspecified atom stereocenters. The first kappa shape index (κ1) is 14.2. The second-order valence-corrected chi connectivity index (χ2v) is 6.47. The van der Waals surface area contributed by atoms with E-state index in [-0.39, 0.29) is 0 Å². The van der Waals surface area contributed by atoms with Crippen molar-refractivity contribution < 1.29 is 8.98 Å². The van der Waals surface area contributed by atoms with Crippen molar-refractivity contribution in [2.45, 2.75) is 6.92 Å². The summed E-state index contributed by atoms with van der Waals surface area (Å²) in [5.41, 5.74) is 5.37. The molecule has 2 aromatic carbocycles. The topological polar surface area (TPSA) is 29.9 Å². The molecule has 0 amide bonds. The van der Waals surface area contributed by atoms with Crippen LogP contribution < -0.4 is 4.57 Å². The average molecular weight is 325 g/mol. The normalized spacial score (nSPS) is 11.6. The predicted molar refractivity (Wildman–Crippen MR) is 100 cm³/mol. The fourth-order valence-electron chi connectivity index (χ4n) is 3.71. The highest BCUT2D eigenvalue weighted by atomic mass is 16.3. The number of aryl methyl sites for hydroxylation is 2. The summed E-state index contributed by atoms with van der Waals surface area (Å²) in [7, 11) is 2.07. The number of nitrogens with zero attached hydrogens (tertiary/aromatic N) is 2. The minimum atomic E-state index is 0.916. The molecule has 3 nitrogen and oxygen atoms in total. The van der Waals surface area contributed by atoms with E-state index in [4.69, 9.17) is 4.42 Å². The van der Waals surface area contributed by atoms with Gasteiger partial charge in [-0.15, -0.1) is 0 Å². The summed E-state index contributed by atoms with van der Waals surface area (Å²) in [6, 6.07) is 16.8. The first-order valence-corrected chi connectivity index (χ1v) is 8.37. The molecule has 5 rings (SSSR count). The van der Waals surface area contributed by atoms with Gasteiger partial charge in [0, 0.05) is 40.7 Å². The van der Waals surface area contributed by atoms with E-state index in [1.165, 1.54) is 10.9 Å². The lowest BCUT2D eigenvalue weighted by Gasteiger charge is -2.05. The summed E-state index contributed by atoms with van der Waals surface area (Å²) in [5.74, 6) is 0. The summed E-state index contributed by atoms with van der Waals surface area (Å²) >= 11 is 0. The zero-order valence-electron chi connectivity index (χ0n) is 14.2. The molecule has 0 aliphatic carbocycles. The highest BCUT2D eigenvalue weighted by Gasteiger charge is 2.20. The van der Waals surface area contributed by atoms with Gasteiger partial charge < -0.3 is 4.42 Å². The summed E-state index contributed by atoms with van der Waals surface area (Å²) < 4.78 is 8.48. The van der Waals surface area contributed by atoms with Crippen LogP contribution in [0.3, 0.4) is 0 Å². The van der Waals surface area contributed by atoms with Crippen LogP contribution in [0.25, 0.3) is 44.0 Å². The molecule has 5 aromatic rings. The second kappa shape index (κ2) is 5.15. The van der Waals surface area contributed by atoms with Gasteiger partial charge in [0.15, 0.2) is 6.20 Å². The maximum absolute atomic E-state index is 6.35. The van der Waals surface area contributed by atoms with Crippen LogP contribution in [0.5, 0.6) is 0 Å². The summed E-state index contributed by atoms with van der Waals surface area (Å²) in [4.78, 5) is 4.24. The van der Waals surface area contributed by atoms with Crippen LogP contribution in [0.15, 0.2) is 71.5 Å². The quantitative estimate of drug-likeness (QED) is 0.409. The lowest BCUT2D eigenvalue weighted by Crippen LogP contribution is -2.30. The molecule has 0 fully saturated rings. The Bertz CT molecular complexity index is 1270. The molecule has 0 bridgehead atoms. The number of rotatable bonds is 1. The Morgan fingerprint density at radius 2 is 1.88 bits per heavy atom. The fourth-order valence-corrected chi connectivity index (χ4v) is 3.71. The molecule has 0 saturated heterocycles. The molecule has 3 aromatic heterocycles. The van der Waals surface area contributed by atoms with Crippen LogP contribution in [0, 0.1) is 6.92 Å². The first-order valence-electron chi connectivity index (χ1n) is 8.37. The first-order chi connectivity index (χ1) is 12.2. The number of aromatic nitrogens is 2. The molecule has 0 radical (unpaired) electrons. The molecule has 25 heavy (non-hydrogen) atoms. The Morgan fingerprint density at radius 3 is 2.76 bits per heavy atom. The SMILES string of the molecule is Cc1ccc2c(oc3ccc4cnccc4c32)c1-c1cccc[n+]1C. The second-order valence-electron chi connectivity index (χ2n) is 6.47. The van der Waals surface area contributed by atoms with Crippen molar-refractivity contribution >= 4 is 32.7 Å². The van der Waals surface area contributed by atoms with E-state index >= 15 is 0 Å². The number of hydrogen-bond donors (Lipinski definition) is 0. The number of pyridine rings is 2. The lowest BCUT2D eigenvalue weighted by molar-refractivity contribution is -0.660. The number of furan rings is 1. The van der Waals surface area contributed by atoms with Gasteiger partial charge in [0.25, 0.3) is 0 Å². The Kier molecular flexibility index (Phi) is 2.92. The van der Waals surface area contributed by atoms with E-state index in [2.05, 4.69) is 66.1 Å². The minimum Gasteiger partial charge on any atom is -0.455 e. The van der Waals surface area contributed by atoms with Crippen molar-refractivity contribution in [3.8, 4) is 11.3 Å². The third-order valence-corrected chi connectivity index (χ3v) is 4.94. The van der Waals surface area contributed by atoms with Crippen LogP contribution >= 0.6 is 0 Å². The molecule has 0 aliphatic heterocycles. The van der Waals surface area contributed by atoms with E-state index in [1.807, 2.05) is 24.5 Å². The van der Waals surface area contributed by atoms with Crippen LogP contribution in [0.4, 0.5) is 0 Å². The highest BCUT2D eigenvalue weighted by Crippen LogP contribution is 2.39. The molecule has 0 atom stereocenters. The van der Waals surface area contributed by atoms with Crippen molar-refractivity contribution in [1.82, 2.24) is 4.98 Å². The summed E-state index contributed by atoms with van der Waals surface area (Å²) in [6.45, 7) is 2.14. The van der Waals surface area contributed by atoms with Gasteiger partial charge in [-0.3, -0.25) is 4.98 Å². The molecule has 120 valence electrons. The monoisotopic (exact) mass is 325 g/mol. The van der Waals surface area contributed by atoms with Gasteiger partial charge in [-0.25, -0.2) is 4.57 Å². The van der Waals surface area contributed by atoms with Crippen LogP contribution in [-0.4, -0.2) is 4.98 Å². The molecule has 0 spiro atoms. The Balaban J connectivity index is 1.99. The zero-order chi connectivity index (χ0) is 17.0. The Hall–Kier alpha value is -3.20. The third-order valence-electron chi connectivity index (χ3n) is 4.94. The smallest absolute Gasteiger partial charge is 0.216 e.